The average molecular weight is 472 g/mol. The highest BCUT2D eigenvalue weighted by molar-refractivity contribution is 6.00. The minimum atomic E-state index is -0.595. The second-order valence-electron chi connectivity index (χ2n) is 8.79. The maximum absolute atomic E-state index is 12.4. The Kier molecular flexibility index (Phi) is 7.25. The highest BCUT2D eigenvalue weighted by Crippen LogP contribution is 2.22. The number of ketones is 1. The fraction of sp³-hybridized carbons (Fsp3) is 0.286. The molecule has 4 rings (SSSR count). The first-order valence-electron chi connectivity index (χ1n) is 11.7. The van der Waals surface area contributed by atoms with Crippen molar-refractivity contribution >= 4 is 29.4 Å². The van der Waals surface area contributed by atoms with Gasteiger partial charge < -0.3 is 9.64 Å². The van der Waals surface area contributed by atoms with Gasteiger partial charge in [-0.25, -0.2) is 4.79 Å². The zero-order valence-corrected chi connectivity index (χ0v) is 20.3. The number of hydrogen-bond donors (Lipinski definition) is 0. The summed E-state index contributed by atoms with van der Waals surface area (Å²) >= 11 is 0. The molecule has 1 aromatic heterocycles. The lowest BCUT2D eigenvalue weighted by atomic mass is 10.1. The van der Waals surface area contributed by atoms with E-state index in [0.717, 1.165) is 34.6 Å². The summed E-state index contributed by atoms with van der Waals surface area (Å²) in [7, 11) is 0. The number of hydrogen-bond acceptors (Lipinski definition) is 5. The molecular weight excluding hydrogens is 442 g/mol. The topological polar surface area (TPSA) is 81.5 Å². The van der Waals surface area contributed by atoms with Crippen LogP contribution < -0.4 is 4.90 Å². The predicted octanol–water partition coefficient (Wildman–Crippen LogP) is 4.42. The number of rotatable bonds is 8. The van der Waals surface area contributed by atoms with E-state index in [0.29, 0.717) is 25.1 Å². The van der Waals surface area contributed by atoms with Gasteiger partial charge in [0.05, 0.1) is 12.2 Å². The lowest BCUT2D eigenvalue weighted by Crippen LogP contribution is -2.23. The summed E-state index contributed by atoms with van der Waals surface area (Å²) in [6.45, 7) is 6.89. The van der Waals surface area contributed by atoms with E-state index in [1.54, 1.807) is 35.2 Å². The second-order valence-corrected chi connectivity index (χ2v) is 8.79. The van der Waals surface area contributed by atoms with Crippen LogP contribution in [0.15, 0.2) is 54.6 Å². The second kappa shape index (κ2) is 10.5. The highest BCUT2D eigenvalue weighted by Gasteiger charge is 2.21. The molecule has 7 heteroatoms. The van der Waals surface area contributed by atoms with Gasteiger partial charge in [-0.05, 0) is 63.1 Å². The van der Waals surface area contributed by atoms with E-state index in [4.69, 9.17) is 4.74 Å². The molecule has 7 nitrogen and oxygen atoms in total. The third-order valence-corrected chi connectivity index (χ3v) is 6.20. The molecule has 0 unspecified atom stereocenters. The van der Waals surface area contributed by atoms with E-state index in [1.807, 2.05) is 18.5 Å². The van der Waals surface area contributed by atoms with Crippen molar-refractivity contribution in [3.8, 4) is 0 Å². The van der Waals surface area contributed by atoms with Crippen molar-refractivity contribution in [1.82, 2.24) is 9.78 Å². The molecule has 0 aliphatic carbocycles. The molecule has 1 aliphatic rings. The normalized spacial score (nSPS) is 13.6. The van der Waals surface area contributed by atoms with Crippen molar-refractivity contribution in [3.63, 3.8) is 0 Å². The van der Waals surface area contributed by atoms with Gasteiger partial charge in [0.2, 0.25) is 5.91 Å². The number of benzene rings is 2. The smallest absolute Gasteiger partial charge is 0.331 e. The Morgan fingerprint density at radius 3 is 2.40 bits per heavy atom. The Labute approximate surface area is 205 Å². The maximum atomic E-state index is 12.4. The van der Waals surface area contributed by atoms with Crippen molar-refractivity contribution in [2.45, 2.75) is 40.2 Å². The van der Waals surface area contributed by atoms with Gasteiger partial charge in [-0.15, -0.1) is 0 Å². The Balaban J connectivity index is 1.33. The number of ether oxygens (including phenoxy) is 1. The Hall–Kier alpha value is -4.00. The van der Waals surface area contributed by atoms with Crippen molar-refractivity contribution in [1.29, 1.82) is 0 Å². The summed E-state index contributed by atoms with van der Waals surface area (Å²) in [6, 6.07) is 15.1. The summed E-state index contributed by atoms with van der Waals surface area (Å²) in [5, 5.41) is 4.59. The lowest BCUT2D eigenvalue weighted by Gasteiger charge is -2.15. The van der Waals surface area contributed by atoms with Crippen molar-refractivity contribution in [3.05, 3.63) is 88.2 Å². The van der Waals surface area contributed by atoms with E-state index >= 15 is 0 Å². The van der Waals surface area contributed by atoms with Crippen molar-refractivity contribution in [2.24, 2.45) is 0 Å². The minimum Gasteiger partial charge on any atom is -0.454 e. The van der Waals surface area contributed by atoms with Gasteiger partial charge in [0.25, 0.3) is 0 Å². The van der Waals surface area contributed by atoms with Gasteiger partial charge in [-0.1, -0.05) is 29.8 Å². The Morgan fingerprint density at radius 2 is 1.74 bits per heavy atom. The number of aryl methyl sites for hydroxylation is 2. The summed E-state index contributed by atoms with van der Waals surface area (Å²) in [6.07, 6.45) is 4.40. The summed E-state index contributed by atoms with van der Waals surface area (Å²) in [4.78, 5) is 38.2. The fourth-order valence-electron chi connectivity index (χ4n) is 4.14. The molecule has 1 aliphatic heterocycles. The first-order chi connectivity index (χ1) is 16.8. The quantitative estimate of drug-likeness (QED) is 0.276. The van der Waals surface area contributed by atoms with Gasteiger partial charge in [0, 0.05) is 41.5 Å². The van der Waals surface area contributed by atoms with Crippen LogP contribution >= 0.6 is 0 Å². The van der Waals surface area contributed by atoms with E-state index < -0.39 is 5.97 Å². The number of carbonyl (C=O) groups is 3. The molecule has 0 bridgehead atoms. The molecular formula is C28H29N3O4. The predicted molar refractivity (Wildman–Crippen MR) is 134 cm³/mol. The highest BCUT2D eigenvalue weighted by atomic mass is 16.5. The third kappa shape index (κ3) is 5.74. The molecule has 1 fully saturated rings. The first kappa shape index (κ1) is 24.1. The number of Topliss-reactive ketones (excluding diaryl/α,β-unsaturated/α-hetero) is 1. The average Bonchev–Trinajstić information content (AvgIpc) is 3.39. The number of nitrogens with zero attached hydrogens (tertiary/aromatic N) is 3. The zero-order valence-electron chi connectivity index (χ0n) is 20.3. The molecule has 1 saturated heterocycles. The number of aromatic nitrogens is 2. The van der Waals surface area contributed by atoms with Crippen LogP contribution in [0.5, 0.6) is 0 Å². The van der Waals surface area contributed by atoms with Gasteiger partial charge in [0.1, 0.15) is 0 Å². The van der Waals surface area contributed by atoms with Crippen LogP contribution in [0.4, 0.5) is 5.69 Å². The molecule has 35 heavy (non-hydrogen) atoms. The lowest BCUT2D eigenvalue weighted by molar-refractivity contribution is -0.136. The van der Waals surface area contributed by atoms with Gasteiger partial charge in [-0.2, -0.15) is 5.10 Å². The molecule has 2 heterocycles. The fourth-order valence-corrected chi connectivity index (χ4v) is 4.14. The molecule has 2 aromatic carbocycles. The molecule has 0 radical (unpaired) electrons. The van der Waals surface area contributed by atoms with E-state index in [1.165, 1.54) is 11.6 Å². The van der Waals surface area contributed by atoms with Crippen LogP contribution in [-0.4, -0.2) is 40.6 Å². The van der Waals surface area contributed by atoms with Crippen LogP contribution in [0.2, 0.25) is 0 Å². The van der Waals surface area contributed by atoms with Crippen LogP contribution in [0.3, 0.4) is 0 Å². The molecule has 0 spiro atoms. The number of amides is 1. The maximum Gasteiger partial charge on any atom is 0.331 e. The minimum absolute atomic E-state index is 0.0935. The summed E-state index contributed by atoms with van der Waals surface area (Å²) < 4.78 is 7.06. The molecule has 0 atom stereocenters. The van der Waals surface area contributed by atoms with Crippen LogP contribution in [0.1, 0.15) is 51.3 Å². The van der Waals surface area contributed by atoms with Crippen molar-refractivity contribution < 1.29 is 19.1 Å². The summed E-state index contributed by atoms with van der Waals surface area (Å²) in [5.41, 5.74) is 6.17. The van der Waals surface area contributed by atoms with Gasteiger partial charge in [0.15, 0.2) is 12.4 Å². The summed E-state index contributed by atoms with van der Waals surface area (Å²) in [5.74, 6) is -0.803. The monoisotopic (exact) mass is 471 g/mol. The molecule has 1 amide bonds. The molecule has 0 saturated carbocycles. The first-order valence-corrected chi connectivity index (χ1v) is 11.7. The van der Waals surface area contributed by atoms with Crippen molar-refractivity contribution in [2.75, 3.05) is 18.1 Å². The molecule has 180 valence electrons. The number of esters is 1. The van der Waals surface area contributed by atoms with Gasteiger partial charge in [-0.3, -0.25) is 14.3 Å². The van der Waals surface area contributed by atoms with E-state index in [-0.39, 0.29) is 18.3 Å². The van der Waals surface area contributed by atoms with Crippen LogP contribution in [0.25, 0.3) is 6.08 Å². The molecule has 0 N–H and O–H groups in total. The SMILES string of the molecule is Cc1ccc(Cn2nc(C)c(/C=C/C(=O)OCC(=O)c3ccc(N4CCCC4=O)cc3)c2C)cc1. The molecule has 3 aromatic rings. The van der Waals surface area contributed by atoms with Crippen LogP contribution in [0, 0.1) is 20.8 Å². The largest absolute Gasteiger partial charge is 0.454 e. The van der Waals surface area contributed by atoms with Gasteiger partial charge >= 0.3 is 5.97 Å². The van der Waals surface area contributed by atoms with E-state index in [9.17, 15) is 14.4 Å². The number of carbonyl (C=O) groups excluding carboxylic acids is 3. The third-order valence-electron chi connectivity index (χ3n) is 6.20. The van der Waals surface area contributed by atoms with E-state index in [2.05, 4.69) is 36.3 Å². The Bertz CT molecular complexity index is 1270. The zero-order chi connectivity index (χ0) is 24.9. The standard InChI is InChI=1S/C28H29N3O4/c1-19-6-8-22(9-7-19)17-31-21(3)25(20(2)29-31)14-15-28(34)35-18-26(32)23-10-12-24(13-11-23)30-16-4-5-27(30)33/h6-15H,4-5,16-18H2,1-3H3/b15-14+. The Morgan fingerprint density at radius 1 is 1.03 bits per heavy atom. The van der Waals surface area contributed by atoms with Crippen LogP contribution in [-0.2, 0) is 20.9 Å². The number of anilines is 1.